The lowest BCUT2D eigenvalue weighted by Crippen LogP contribution is -2.34. The molecule has 0 aromatic heterocycles. The molecule has 2 bridgehead atoms. The van der Waals surface area contributed by atoms with Gasteiger partial charge in [0.2, 0.25) is 0 Å². The Labute approximate surface area is 136 Å². The third-order valence-electron chi connectivity index (χ3n) is 5.41. The molecule has 2 heteroatoms. The molecule has 2 aromatic rings. The molecule has 1 nitrogen and oxygen atoms in total. The Morgan fingerprint density at radius 1 is 1.14 bits per heavy atom. The molecule has 2 fully saturated rings. The van der Waals surface area contributed by atoms with Crippen LogP contribution in [0.15, 0.2) is 42.5 Å². The van der Waals surface area contributed by atoms with Gasteiger partial charge in [-0.15, -0.1) is 0 Å². The first kappa shape index (κ1) is 14.3. The van der Waals surface area contributed by atoms with E-state index in [1.54, 1.807) is 0 Å². The molecule has 0 aliphatic carbocycles. The SMILES string of the molecule is CCC(=O)[C@@H]1[C@@H]2CCC(C[C@H]1c1ccc3ccccc3c1)S2. The third-order valence-corrected chi connectivity index (χ3v) is 7.10. The Morgan fingerprint density at radius 2 is 1.95 bits per heavy atom. The van der Waals surface area contributed by atoms with Crippen molar-refractivity contribution in [3.05, 3.63) is 48.0 Å². The van der Waals surface area contributed by atoms with Crippen LogP contribution in [-0.4, -0.2) is 16.3 Å². The summed E-state index contributed by atoms with van der Waals surface area (Å²) < 4.78 is 0. The van der Waals surface area contributed by atoms with Crippen LogP contribution in [0.2, 0.25) is 0 Å². The summed E-state index contributed by atoms with van der Waals surface area (Å²) in [5.74, 6) is 1.13. The fourth-order valence-corrected chi connectivity index (χ4v) is 6.18. The zero-order chi connectivity index (χ0) is 15.1. The molecule has 2 aliphatic heterocycles. The molecule has 4 rings (SSSR count). The molecule has 2 saturated heterocycles. The summed E-state index contributed by atoms with van der Waals surface area (Å²) in [5.41, 5.74) is 1.38. The number of hydrogen-bond acceptors (Lipinski definition) is 2. The summed E-state index contributed by atoms with van der Waals surface area (Å²) in [5, 5.41) is 3.91. The summed E-state index contributed by atoms with van der Waals surface area (Å²) in [6.07, 6.45) is 4.38. The first-order chi connectivity index (χ1) is 10.8. The molecule has 0 radical (unpaired) electrons. The Hall–Kier alpha value is -1.28. The number of benzene rings is 2. The summed E-state index contributed by atoms with van der Waals surface area (Å²) in [7, 11) is 0. The molecule has 0 N–H and O–H groups in total. The van der Waals surface area contributed by atoms with E-state index >= 15 is 0 Å². The van der Waals surface area contributed by atoms with Gasteiger partial charge in [-0.2, -0.15) is 11.8 Å². The minimum absolute atomic E-state index is 0.231. The molecule has 0 saturated carbocycles. The number of hydrogen-bond donors (Lipinski definition) is 0. The second-order valence-electron chi connectivity index (χ2n) is 6.67. The van der Waals surface area contributed by atoms with Crippen LogP contribution >= 0.6 is 11.8 Å². The van der Waals surface area contributed by atoms with E-state index in [0.29, 0.717) is 23.4 Å². The predicted molar refractivity (Wildman–Crippen MR) is 94.5 cm³/mol. The van der Waals surface area contributed by atoms with Crippen LogP contribution in [0.5, 0.6) is 0 Å². The Kier molecular flexibility index (Phi) is 3.73. The molecule has 2 heterocycles. The van der Waals surface area contributed by atoms with E-state index < -0.39 is 0 Å². The van der Waals surface area contributed by atoms with Gasteiger partial charge in [-0.25, -0.2) is 0 Å². The van der Waals surface area contributed by atoms with Gasteiger partial charge < -0.3 is 0 Å². The van der Waals surface area contributed by atoms with Crippen molar-refractivity contribution in [2.75, 3.05) is 0 Å². The zero-order valence-electron chi connectivity index (χ0n) is 13.0. The molecular weight excluding hydrogens is 288 g/mol. The Morgan fingerprint density at radius 3 is 2.77 bits per heavy atom. The fourth-order valence-electron chi connectivity index (χ4n) is 4.31. The summed E-state index contributed by atoms with van der Waals surface area (Å²) in [6.45, 7) is 2.02. The largest absolute Gasteiger partial charge is 0.299 e. The van der Waals surface area contributed by atoms with Crippen LogP contribution in [0.1, 0.15) is 44.1 Å². The highest BCUT2D eigenvalue weighted by Gasteiger charge is 2.45. The van der Waals surface area contributed by atoms with Gasteiger partial charge in [-0.05, 0) is 41.5 Å². The van der Waals surface area contributed by atoms with Gasteiger partial charge in [0.1, 0.15) is 5.78 Å². The molecule has 114 valence electrons. The normalized spacial score (nSPS) is 30.6. The lowest BCUT2D eigenvalue weighted by molar-refractivity contribution is -0.123. The van der Waals surface area contributed by atoms with Crippen molar-refractivity contribution in [2.45, 2.75) is 49.0 Å². The van der Waals surface area contributed by atoms with Crippen LogP contribution in [0.25, 0.3) is 10.8 Å². The Bertz CT molecular complexity index is 708. The molecule has 0 spiro atoms. The van der Waals surface area contributed by atoms with Crippen molar-refractivity contribution in [2.24, 2.45) is 5.92 Å². The van der Waals surface area contributed by atoms with E-state index in [0.717, 1.165) is 5.25 Å². The van der Waals surface area contributed by atoms with Crippen molar-refractivity contribution in [3.63, 3.8) is 0 Å². The van der Waals surface area contributed by atoms with Crippen molar-refractivity contribution >= 4 is 28.3 Å². The van der Waals surface area contributed by atoms with Gasteiger partial charge in [0.15, 0.2) is 0 Å². The summed E-state index contributed by atoms with van der Waals surface area (Å²) in [6, 6.07) is 15.3. The highest BCUT2D eigenvalue weighted by atomic mass is 32.2. The lowest BCUT2D eigenvalue weighted by atomic mass is 9.78. The minimum atomic E-state index is 0.231. The molecule has 22 heavy (non-hydrogen) atoms. The average Bonchev–Trinajstić information content (AvgIpc) is 2.95. The van der Waals surface area contributed by atoms with Crippen LogP contribution in [0.4, 0.5) is 0 Å². The Balaban J connectivity index is 1.75. The average molecular weight is 310 g/mol. The number of rotatable bonds is 3. The standard InChI is InChI=1S/C20H22OS/c1-2-18(21)20-17(12-16-9-10-19(20)22-16)15-8-7-13-5-3-4-6-14(13)11-15/h3-8,11,16-17,19-20H,2,9-10,12H2,1H3/t16?,17-,19-,20+/m0/s1. The number of carbonyl (C=O) groups is 1. The van der Waals surface area contributed by atoms with E-state index in [2.05, 4.69) is 54.2 Å². The number of Topliss-reactive ketones (excluding diaryl/α,β-unsaturated/α-hetero) is 1. The molecular formula is C20H22OS. The maximum absolute atomic E-state index is 12.6. The minimum Gasteiger partial charge on any atom is -0.299 e. The topological polar surface area (TPSA) is 17.1 Å². The van der Waals surface area contributed by atoms with Crippen molar-refractivity contribution in [1.82, 2.24) is 0 Å². The monoisotopic (exact) mass is 310 g/mol. The molecule has 2 aliphatic rings. The number of thioether (sulfide) groups is 1. The van der Waals surface area contributed by atoms with E-state index in [-0.39, 0.29) is 5.92 Å². The highest BCUT2D eigenvalue weighted by molar-refractivity contribution is 8.00. The van der Waals surface area contributed by atoms with Crippen LogP contribution in [0.3, 0.4) is 0 Å². The number of fused-ring (bicyclic) bond motifs is 3. The smallest absolute Gasteiger partial charge is 0.137 e. The quantitative estimate of drug-likeness (QED) is 0.776. The van der Waals surface area contributed by atoms with Crippen molar-refractivity contribution < 1.29 is 4.79 Å². The maximum atomic E-state index is 12.6. The molecule has 2 aromatic carbocycles. The van der Waals surface area contributed by atoms with Crippen LogP contribution in [-0.2, 0) is 4.79 Å². The van der Waals surface area contributed by atoms with Gasteiger partial charge >= 0.3 is 0 Å². The van der Waals surface area contributed by atoms with Crippen molar-refractivity contribution in [3.8, 4) is 0 Å². The van der Waals surface area contributed by atoms with E-state index in [1.807, 2.05) is 6.92 Å². The summed E-state index contributed by atoms with van der Waals surface area (Å²) in [4.78, 5) is 12.6. The van der Waals surface area contributed by atoms with E-state index in [1.165, 1.54) is 35.6 Å². The first-order valence-electron chi connectivity index (χ1n) is 8.43. The first-order valence-corrected chi connectivity index (χ1v) is 9.37. The second kappa shape index (κ2) is 5.73. The molecule has 4 atom stereocenters. The van der Waals surface area contributed by atoms with Crippen LogP contribution in [0, 0.1) is 5.92 Å². The van der Waals surface area contributed by atoms with Crippen molar-refractivity contribution in [1.29, 1.82) is 0 Å². The van der Waals surface area contributed by atoms with Gasteiger partial charge in [0, 0.05) is 22.8 Å². The maximum Gasteiger partial charge on any atom is 0.137 e. The van der Waals surface area contributed by atoms with Gasteiger partial charge in [-0.1, -0.05) is 49.4 Å². The lowest BCUT2D eigenvalue weighted by Gasteiger charge is -2.35. The molecule has 0 amide bonds. The van der Waals surface area contributed by atoms with Gasteiger partial charge in [0.25, 0.3) is 0 Å². The number of ketones is 1. The number of carbonyl (C=O) groups excluding carboxylic acids is 1. The summed E-state index contributed by atoms with van der Waals surface area (Å²) >= 11 is 2.09. The third kappa shape index (κ3) is 2.38. The second-order valence-corrected chi connectivity index (χ2v) is 8.21. The van der Waals surface area contributed by atoms with E-state index in [9.17, 15) is 4.79 Å². The van der Waals surface area contributed by atoms with E-state index in [4.69, 9.17) is 0 Å². The highest BCUT2D eigenvalue weighted by Crippen LogP contribution is 2.53. The fraction of sp³-hybridized carbons (Fsp3) is 0.450. The zero-order valence-corrected chi connectivity index (χ0v) is 13.8. The van der Waals surface area contributed by atoms with Gasteiger partial charge in [0.05, 0.1) is 0 Å². The van der Waals surface area contributed by atoms with Crippen LogP contribution < -0.4 is 0 Å². The predicted octanol–water partition coefficient (Wildman–Crippen LogP) is 5.19. The molecule has 1 unspecified atom stereocenters. The van der Waals surface area contributed by atoms with Gasteiger partial charge in [-0.3, -0.25) is 4.79 Å².